The minimum Gasteiger partial charge on any atom is -0.492 e. The third-order valence-electron chi connectivity index (χ3n) is 6.84. The van der Waals surface area contributed by atoms with E-state index in [9.17, 15) is 0 Å². The van der Waals surface area contributed by atoms with Gasteiger partial charge in [0.15, 0.2) is 11.4 Å². The topological polar surface area (TPSA) is 92.3 Å². The molecule has 0 aliphatic carbocycles. The maximum atomic E-state index is 15.2. The first kappa shape index (κ1) is 22.5. The quantitative estimate of drug-likeness (QED) is 0.351. The fraction of sp³-hybridized carbons (Fsp3) is 0.346. The molecule has 1 aliphatic heterocycles. The van der Waals surface area contributed by atoms with Gasteiger partial charge in [-0.25, -0.2) is 9.37 Å². The number of aromatic nitrogens is 7. The molecule has 36 heavy (non-hydrogen) atoms. The van der Waals surface area contributed by atoms with Gasteiger partial charge in [0, 0.05) is 48.1 Å². The molecule has 9 nitrogen and oxygen atoms in total. The van der Waals surface area contributed by atoms with Gasteiger partial charge < -0.3 is 14.0 Å². The van der Waals surface area contributed by atoms with Crippen molar-refractivity contribution in [3.63, 3.8) is 0 Å². The van der Waals surface area contributed by atoms with Gasteiger partial charge in [-0.3, -0.25) is 4.40 Å². The summed E-state index contributed by atoms with van der Waals surface area (Å²) in [5.74, 6) is 1.24. The minimum absolute atomic E-state index is 0.188. The molecular formula is C26H26FN7O2. The van der Waals surface area contributed by atoms with Crippen LogP contribution in [-0.4, -0.2) is 54.7 Å². The van der Waals surface area contributed by atoms with Crippen molar-refractivity contribution < 1.29 is 13.9 Å². The molecule has 0 spiro atoms. The summed E-state index contributed by atoms with van der Waals surface area (Å²) in [7, 11) is 1.57. The molecule has 5 heterocycles. The highest BCUT2D eigenvalue weighted by Gasteiger charge is 2.24. The molecule has 184 valence electrons. The van der Waals surface area contributed by atoms with E-state index in [0.717, 1.165) is 35.3 Å². The summed E-state index contributed by atoms with van der Waals surface area (Å²) >= 11 is 0. The van der Waals surface area contributed by atoms with E-state index >= 15 is 4.39 Å². The Morgan fingerprint density at radius 2 is 1.86 bits per heavy atom. The van der Waals surface area contributed by atoms with E-state index in [1.807, 2.05) is 21.2 Å². The predicted octanol–water partition coefficient (Wildman–Crippen LogP) is 4.83. The van der Waals surface area contributed by atoms with E-state index in [4.69, 9.17) is 9.47 Å². The van der Waals surface area contributed by atoms with Gasteiger partial charge in [-0.15, -0.1) is 15.3 Å². The molecule has 6 rings (SSSR count). The molecular weight excluding hydrogens is 461 g/mol. The molecule has 0 atom stereocenters. The lowest BCUT2D eigenvalue weighted by Gasteiger charge is -2.20. The Kier molecular flexibility index (Phi) is 5.60. The fourth-order valence-corrected chi connectivity index (χ4v) is 4.93. The maximum absolute atomic E-state index is 15.2. The SMILES string of the molecule is COc1c(-c2cc(-c3cnnc4c3ncn4C(C)C)ccc2F)ccn2c(C3CCOCC3)nnc12. The van der Waals surface area contributed by atoms with Crippen LogP contribution in [-0.2, 0) is 4.74 Å². The zero-order chi connectivity index (χ0) is 24.8. The summed E-state index contributed by atoms with van der Waals surface area (Å²) in [4.78, 5) is 4.57. The van der Waals surface area contributed by atoms with E-state index in [1.54, 1.807) is 31.8 Å². The number of pyridine rings is 1. The summed E-state index contributed by atoms with van der Waals surface area (Å²) in [6.45, 7) is 5.54. The summed E-state index contributed by atoms with van der Waals surface area (Å²) in [5.41, 5.74) is 4.53. The zero-order valence-corrected chi connectivity index (χ0v) is 20.3. The highest BCUT2D eigenvalue weighted by Crippen LogP contribution is 2.38. The van der Waals surface area contributed by atoms with Crippen LogP contribution in [0.3, 0.4) is 0 Å². The molecule has 0 amide bonds. The van der Waals surface area contributed by atoms with Gasteiger partial charge in [0.1, 0.15) is 17.2 Å². The van der Waals surface area contributed by atoms with Gasteiger partial charge in [0.25, 0.3) is 0 Å². The van der Waals surface area contributed by atoms with E-state index < -0.39 is 0 Å². The molecule has 0 saturated carbocycles. The predicted molar refractivity (Wildman–Crippen MR) is 132 cm³/mol. The van der Waals surface area contributed by atoms with E-state index in [2.05, 4.69) is 39.2 Å². The van der Waals surface area contributed by atoms with Crippen molar-refractivity contribution in [1.82, 2.24) is 34.3 Å². The summed E-state index contributed by atoms with van der Waals surface area (Å²) in [6, 6.07) is 7.03. The molecule has 5 aromatic rings. The Morgan fingerprint density at radius 1 is 1.03 bits per heavy atom. The monoisotopic (exact) mass is 487 g/mol. The van der Waals surface area contributed by atoms with Crippen molar-refractivity contribution in [2.24, 2.45) is 0 Å². The Hall–Kier alpha value is -3.92. The lowest BCUT2D eigenvalue weighted by atomic mass is 9.98. The molecule has 1 fully saturated rings. The number of fused-ring (bicyclic) bond motifs is 2. The second kappa shape index (κ2) is 8.94. The van der Waals surface area contributed by atoms with Crippen LogP contribution in [0.15, 0.2) is 43.0 Å². The van der Waals surface area contributed by atoms with Crippen LogP contribution in [0.4, 0.5) is 4.39 Å². The minimum atomic E-state index is -0.364. The Labute approximate surface area is 206 Å². The lowest BCUT2D eigenvalue weighted by molar-refractivity contribution is 0.0834. The second-order valence-corrected chi connectivity index (χ2v) is 9.27. The van der Waals surface area contributed by atoms with E-state index in [1.165, 1.54) is 6.07 Å². The zero-order valence-electron chi connectivity index (χ0n) is 20.3. The number of imidazole rings is 1. The third kappa shape index (κ3) is 3.60. The van der Waals surface area contributed by atoms with Gasteiger partial charge in [0.05, 0.1) is 19.6 Å². The molecule has 0 bridgehead atoms. The molecule has 1 aliphatic rings. The lowest BCUT2D eigenvalue weighted by Crippen LogP contribution is -2.16. The van der Waals surface area contributed by atoms with Crippen molar-refractivity contribution in [1.29, 1.82) is 0 Å². The molecule has 4 aromatic heterocycles. The number of methoxy groups -OCH3 is 1. The molecule has 10 heteroatoms. The first-order valence-electron chi connectivity index (χ1n) is 12.0. The van der Waals surface area contributed by atoms with Gasteiger partial charge in [-0.2, -0.15) is 5.10 Å². The standard InChI is InChI=1S/C26H26FN7O2/c1-15(2)34-14-28-22-20(13-29-30-25(22)34)17-4-5-21(27)19(12-17)18-6-9-33-24(16-7-10-36-11-8-16)31-32-26(33)23(18)35-3/h4-6,9,12-16H,7-8,10-11H2,1-3H3. The van der Waals surface area contributed by atoms with Crippen molar-refractivity contribution >= 4 is 16.8 Å². The van der Waals surface area contributed by atoms with Gasteiger partial charge in [-0.05, 0) is 50.5 Å². The van der Waals surface area contributed by atoms with Crippen LogP contribution in [0, 0.1) is 5.82 Å². The number of nitrogens with zero attached hydrogens (tertiary/aromatic N) is 7. The van der Waals surface area contributed by atoms with Crippen LogP contribution in [0.5, 0.6) is 5.75 Å². The number of benzene rings is 1. The van der Waals surface area contributed by atoms with E-state index in [-0.39, 0.29) is 17.8 Å². The molecule has 0 radical (unpaired) electrons. The normalized spacial score (nSPS) is 14.8. The average Bonchev–Trinajstić information content (AvgIpc) is 3.54. The van der Waals surface area contributed by atoms with E-state index in [0.29, 0.717) is 41.4 Å². The van der Waals surface area contributed by atoms with Crippen LogP contribution >= 0.6 is 0 Å². The molecule has 1 saturated heterocycles. The fourth-order valence-electron chi connectivity index (χ4n) is 4.93. The second-order valence-electron chi connectivity index (χ2n) is 9.27. The van der Waals surface area contributed by atoms with Crippen molar-refractivity contribution in [3.05, 3.63) is 54.6 Å². The third-order valence-corrected chi connectivity index (χ3v) is 6.84. The number of hydrogen-bond donors (Lipinski definition) is 0. The van der Waals surface area contributed by atoms with Crippen LogP contribution in [0.2, 0.25) is 0 Å². The number of halogens is 1. The number of hydrogen-bond acceptors (Lipinski definition) is 7. The summed E-state index contributed by atoms with van der Waals surface area (Å²) < 4.78 is 30.4. The van der Waals surface area contributed by atoms with Gasteiger partial charge in [-0.1, -0.05) is 6.07 Å². The maximum Gasteiger partial charge on any atom is 0.203 e. The van der Waals surface area contributed by atoms with Crippen LogP contribution < -0.4 is 4.74 Å². The van der Waals surface area contributed by atoms with Gasteiger partial charge in [0.2, 0.25) is 5.65 Å². The van der Waals surface area contributed by atoms with Crippen molar-refractivity contribution in [3.8, 4) is 28.0 Å². The largest absolute Gasteiger partial charge is 0.492 e. The smallest absolute Gasteiger partial charge is 0.203 e. The average molecular weight is 488 g/mol. The highest BCUT2D eigenvalue weighted by atomic mass is 19.1. The Morgan fingerprint density at radius 3 is 2.64 bits per heavy atom. The highest BCUT2D eigenvalue weighted by molar-refractivity contribution is 5.91. The van der Waals surface area contributed by atoms with Crippen LogP contribution in [0.25, 0.3) is 39.1 Å². The number of ether oxygens (including phenoxy) is 2. The van der Waals surface area contributed by atoms with Gasteiger partial charge >= 0.3 is 0 Å². The Bertz CT molecular complexity index is 1570. The molecule has 0 N–H and O–H groups in total. The molecule has 0 unspecified atom stereocenters. The van der Waals surface area contributed by atoms with Crippen molar-refractivity contribution in [2.75, 3.05) is 20.3 Å². The molecule has 1 aromatic carbocycles. The first-order chi connectivity index (χ1) is 17.6. The van der Waals surface area contributed by atoms with Crippen molar-refractivity contribution in [2.45, 2.75) is 38.6 Å². The van der Waals surface area contributed by atoms with Crippen LogP contribution in [0.1, 0.15) is 44.5 Å². The summed E-state index contributed by atoms with van der Waals surface area (Å²) in [6.07, 6.45) is 7.10. The Balaban J connectivity index is 1.48. The first-order valence-corrected chi connectivity index (χ1v) is 12.0. The number of rotatable bonds is 5. The summed E-state index contributed by atoms with van der Waals surface area (Å²) in [5, 5.41) is 17.3.